The van der Waals surface area contributed by atoms with Gasteiger partial charge in [-0.3, -0.25) is 0 Å². The summed E-state index contributed by atoms with van der Waals surface area (Å²) in [5.41, 5.74) is 1.19. The normalized spacial score (nSPS) is 11.2. The summed E-state index contributed by atoms with van der Waals surface area (Å²) in [4.78, 5) is 0. The lowest BCUT2D eigenvalue weighted by atomic mass is 10.3. The predicted octanol–water partition coefficient (Wildman–Crippen LogP) is 3.89. The summed E-state index contributed by atoms with van der Waals surface area (Å²) in [6.07, 6.45) is 0. The van der Waals surface area contributed by atoms with Crippen molar-refractivity contribution in [2.45, 2.75) is 38.8 Å². The van der Waals surface area contributed by atoms with E-state index in [1.54, 1.807) is 7.11 Å². The zero-order chi connectivity index (χ0) is 12.1. The van der Waals surface area contributed by atoms with E-state index < -0.39 is 9.04 Å². The molecular formula is C13H21O2Si. The van der Waals surface area contributed by atoms with Crippen LogP contribution in [0.3, 0.4) is 0 Å². The summed E-state index contributed by atoms with van der Waals surface area (Å²) < 4.78 is 11.4. The van der Waals surface area contributed by atoms with Crippen LogP contribution < -0.4 is 9.16 Å². The monoisotopic (exact) mass is 237 g/mol. The molecule has 16 heavy (non-hydrogen) atoms. The highest BCUT2D eigenvalue weighted by Gasteiger charge is 2.25. The molecule has 1 radical (unpaired) electrons. The van der Waals surface area contributed by atoms with E-state index in [-0.39, 0.29) is 0 Å². The van der Waals surface area contributed by atoms with Crippen molar-refractivity contribution < 1.29 is 9.16 Å². The standard InChI is InChI=1S/C13H21O2Si/c1-10(2)16(11(3)4)15-13-9-7-6-8-12(13)14-5/h6-11H,1-5H3. The molecule has 1 aromatic carbocycles. The molecule has 0 unspecified atom stereocenters. The summed E-state index contributed by atoms with van der Waals surface area (Å²) in [5.74, 6) is 1.70. The Morgan fingerprint density at radius 2 is 1.44 bits per heavy atom. The van der Waals surface area contributed by atoms with Gasteiger partial charge in [0.15, 0.2) is 5.75 Å². The second-order valence-electron chi connectivity index (χ2n) is 4.46. The van der Waals surface area contributed by atoms with E-state index in [4.69, 9.17) is 9.16 Å². The highest BCUT2D eigenvalue weighted by atomic mass is 28.3. The Kier molecular flexibility index (Phi) is 4.87. The molecule has 0 aliphatic carbocycles. The maximum Gasteiger partial charge on any atom is 0.286 e. The van der Waals surface area contributed by atoms with Crippen molar-refractivity contribution in [2.75, 3.05) is 7.11 Å². The molecule has 0 saturated carbocycles. The minimum absolute atomic E-state index is 0.593. The average Bonchev–Trinajstić information content (AvgIpc) is 2.25. The zero-order valence-corrected chi connectivity index (χ0v) is 11.8. The van der Waals surface area contributed by atoms with Crippen LogP contribution in [0.1, 0.15) is 27.7 Å². The second-order valence-corrected chi connectivity index (χ2v) is 7.78. The van der Waals surface area contributed by atoms with Crippen molar-refractivity contribution in [3.05, 3.63) is 24.3 Å². The van der Waals surface area contributed by atoms with E-state index in [0.29, 0.717) is 11.1 Å². The molecule has 0 aliphatic heterocycles. The molecule has 0 N–H and O–H groups in total. The Hall–Kier alpha value is -0.963. The van der Waals surface area contributed by atoms with Gasteiger partial charge in [0.05, 0.1) is 7.11 Å². The van der Waals surface area contributed by atoms with Gasteiger partial charge in [-0.05, 0) is 23.2 Å². The third-order valence-electron chi connectivity index (χ3n) is 2.43. The number of methoxy groups -OCH3 is 1. The Bertz CT molecular complexity index is 315. The first-order valence-electron chi connectivity index (χ1n) is 5.73. The minimum atomic E-state index is -0.843. The van der Waals surface area contributed by atoms with Crippen LogP contribution in [-0.4, -0.2) is 16.2 Å². The smallest absolute Gasteiger partial charge is 0.286 e. The minimum Gasteiger partial charge on any atom is -0.539 e. The molecule has 89 valence electrons. The van der Waals surface area contributed by atoms with Crippen molar-refractivity contribution in [1.82, 2.24) is 0 Å². The van der Waals surface area contributed by atoms with Crippen molar-refractivity contribution >= 4 is 9.04 Å². The molecular weight excluding hydrogens is 216 g/mol. The molecule has 0 atom stereocenters. The highest BCUT2D eigenvalue weighted by Crippen LogP contribution is 2.30. The molecule has 0 aliphatic rings. The van der Waals surface area contributed by atoms with Crippen molar-refractivity contribution in [1.29, 1.82) is 0 Å². The van der Waals surface area contributed by atoms with E-state index in [9.17, 15) is 0 Å². The predicted molar refractivity (Wildman–Crippen MR) is 69.6 cm³/mol. The van der Waals surface area contributed by atoms with Crippen molar-refractivity contribution in [3.63, 3.8) is 0 Å². The summed E-state index contributed by atoms with van der Waals surface area (Å²) in [5, 5.41) is 0. The number of benzene rings is 1. The van der Waals surface area contributed by atoms with Crippen LogP contribution >= 0.6 is 0 Å². The summed E-state index contributed by atoms with van der Waals surface area (Å²) >= 11 is 0. The van der Waals surface area contributed by atoms with Crippen LogP contribution in [-0.2, 0) is 0 Å². The number of rotatable bonds is 5. The van der Waals surface area contributed by atoms with Crippen LogP contribution in [0.4, 0.5) is 0 Å². The Morgan fingerprint density at radius 3 is 1.88 bits per heavy atom. The molecule has 1 rings (SSSR count). The van der Waals surface area contributed by atoms with E-state index >= 15 is 0 Å². The van der Waals surface area contributed by atoms with Crippen molar-refractivity contribution in [3.8, 4) is 11.5 Å². The molecule has 0 heterocycles. The van der Waals surface area contributed by atoms with Gasteiger partial charge in [-0.2, -0.15) is 0 Å². The first kappa shape index (κ1) is 13.1. The third kappa shape index (κ3) is 3.27. The molecule has 1 aromatic rings. The molecule has 0 fully saturated rings. The lowest BCUT2D eigenvalue weighted by Crippen LogP contribution is -2.29. The lowest BCUT2D eigenvalue weighted by molar-refractivity contribution is 0.391. The zero-order valence-electron chi connectivity index (χ0n) is 10.8. The molecule has 0 amide bonds. The average molecular weight is 237 g/mol. The van der Waals surface area contributed by atoms with Crippen LogP contribution in [0.2, 0.25) is 11.1 Å². The highest BCUT2D eigenvalue weighted by molar-refractivity contribution is 6.55. The topological polar surface area (TPSA) is 18.5 Å². The fourth-order valence-corrected chi connectivity index (χ4v) is 3.96. The summed E-state index contributed by atoms with van der Waals surface area (Å²) in [7, 11) is 0.837. The number of hydrogen-bond donors (Lipinski definition) is 0. The van der Waals surface area contributed by atoms with Gasteiger partial charge in [0.2, 0.25) is 0 Å². The lowest BCUT2D eigenvalue weighted by Gasteiger charge is -2.24. The molecule has 0 spiro atoms. The first-order chi connectivity index (χ1) is 7.56. The molecule has 2 nitrogen and oxygen atoms in total. The van der Waals surface area contributed by atoms with Gasteiger partial charge in [0.25, 0.3) is 9.04 Å². The number of para-hydroxylation sites is 2. The fraction of sp³-hybridized carbons (Fsp3) is 0.538. The number of ether oxygens (including phenoxy) is 1. The van der Waals surface area contributed by atoms with Gasteiger partial charge in [-0.25, -0.2) is 0 Å². The van der Waals surface area contributed by atoms with Gasteiger partial charge in [-0.15, -0.1) is 0 Å². The SMILES string of the molecule is COc1ccccc1O[Si](C(C)C)C(C)C. The largest absolute Gasteiger partial charge is 0.539 e. The van der Waals surface area contributed by atoms with Gasteiger partial charge in [-0.1, -0.05) is 39.8 Å². The molecule has 3 heteroatoms. The van der Waals surface area contributed by atoms with E-state index in [1.165, 1.54) is 0 Å². The maximum absolute atomic E-state index is 6.14. The van der Waals surface area contributed by atoms with Crippen LogP contribution in [0.5, 0.6) is 11.5 Å². The molecule has 0 aromatic heterocycles. The van der Waals surface area contributed by atoms with E-state index in [2.05, 4.69) is 27.7 Å². The Balaban J connectivity index is 2.85. The third-order valence-corrected chi connectivity index (χ3v) is 5.17. The van der Waals surface area contributed by atoms with E-state index in [0.717, 1.165) is 11.5 Å². The quantitative estimate of drug-likeness (QED) is 0.723. The first-order valence-corrected chi connectivity index (χ1v) is 7.30. The van der Waals surface area contributed by atoms with Crippen LogP contribution in [0.15, 0.2) is 24.3 Å². The Morgan fingerprint density at radius 1 is 0.938 bits per heavy atom. The number of hydrogen-bond acceptors (Lipinski definition) is 2. The Labute approximate surface area is 100 Å². The van der Waals surface area contributed by atoms with Crippen molar-refractivity contribution in [2.24, 2.45) is 0 Å². The van der Waals surface area contributed by atoms with Gasteiger partial charge < -0.3 is 9.16 Å². The van der Waals surface area contributed by atoms with Crippen LogP contribution in [0, 0.1) is 0 Å². The second kappa shape index (κ2) is 5.94. The molecule has 0 bridgehead atoms. The van der Waals surface area contributed by atoms with Crippen LogP contribution in [0.25, 0.3) is 0 Å². The molecule has 0 saturated heterocycles. The summed E-state index contributed by atoms with van der Waals surface area (Å²) in [6.45, 7) is 8.90. The van der Waals surface area contributed by atoms with Gasteiger partial charge in [0, 0.05) is 0 Å². The van der Waals surface area contributed by atoms with Gasteiger partial charge in [0.1, 0.15) is 5.75 Å². The summed E-state index contributed by atoms with van der Waals surface area (Å²) in [6, 6.07) is 7.87. The maximum atomic E-state index is 6.14. The fourth-order valence-electron chi connectivity index (χ4n) is 1.73. The van der Waals surface area contributed by atoms with Gasteiger partial charge >= 0.3 is 0 Å². The van der Waals surface area contributed by atoms with E-state index in [1.807, 2.05) is 24.3 Å².